The van der Waals surface area contributed by atoms with E-state index in [1.54, 1.807) is 12.1 Å². The van der Waals surface area contributed by atoms with Gasteiger partial charge in [-0.1, -0.05) is 11.6 Å². The Balaban J connectivity index is 2.39. The molecule has 1 aromatic carbocycles. The number of rotatable bonds is 8. The van der Waals surface area contributed by atoms with Crippen LogP contribution >= 0.6 is 11.6 Å². The molecule has 0 unspecified atom stereocenters. The molecule has 6 heteroatoms. The molecule has 1 rings (SSSR count). The summed E-state index contributed by atoms with van der Waals surface area (Å²) in [6.07, 6.45) is 2.06. The fourth-order valence-corrected chi connectivity index (χ4v) is 1.74. The standard InChI is InChI=1S/C13H19ClN2O3/c1-10(2)19-8-4-3-7-15-12-6-5-11(14)9-13(12)16(17)18/h5-6,9-10,15H,3-4,7-8H2,1-2H3. The van der Waals surface area contributed by atoms with E-state index >= 15 is 0 Å². The van der Waals surface area contributed by atoms with Crippen molar-refractivity contribution >= 4 is 23.0 Å². The number of hydrogen-bond donors (Lipinski definition) is 1. The zero-order valence-corrected chi connectivity index (χ0v) is 11.9. The molecular weight excluding hydrogens is 268 g/mol. The molecular formula is C13H19ClN2O3. The molecule has 0 heterocycles. The molecule has 1 aromatic rings. The van der Waals surface area contributed by atoms with Gasteiger partial charge in [-0.2, -0.15) is 0 Å². The molecule has 0 amide bonds. The van der Waals surface area contributed by atoms with Crippen molar-refractivity contribution in [3.8, 4) is 0 Å². The molecule has 0 saturated heterocycles. The number of anilines is 1. The molecule has 0 aliphatic rings. The van der Waals surface area contributed by atoms with Gasteiger partial charge in [0.2, 0.25) is 0 Å². The number of halogens is 1. The van der Waals surface area contributed by atoms with Gasteiger partial charge in [0.05, 0.1) is 11.0 Å². The second kappa shape index (κ2) is 7.96. The first-order valence-electron chi connectivity index (χ1n) is 6.30. The van der Waals surface area contributed by atoms with E-state index in [4.69, 9.17) is 16.3 Å². The average molecular weight is 287 g/mol. The van der Waals surface area contributed by atoms with Crippen molar-refractivity contribution in [2.75, 3.05) is 18.5 Å². The second-order valence-corrected chi connectivity index (χ2v) is 4.91. The van der Waals surface area contributed by atoms with Crippen molar-refractivity contribution in [1.29, 1.82) is 0 Å². The molecule has 0 spiro atoms. The summed E-state index contributed by atoms with van der Waals surface area (Å²) < 4.78 is 5.42. The minimum atomic E-state index is -0.434. The first-order valence-corrected chi connectivity index (χ1v) is 6.68. The lowest BCUT2D eigenvalue weighted by atomic mass is 10.2. The Hall–Kier alpha value is -1.33. The molecule has 0 aromatic heterocycles. The lowest BCUT2D eigenvalue weighted by Gasteiger charge is -2.09. The fraction of sp³-hybridized carbons (Fsp3) is 0.538. The van der Waals surface area contributed by atoms with Crippen LogP contribution in [0.15, 0.2) is 18.2 Å². The van der Waals surface area contributed by atoms with Crippen LogP contribution in [-0.2, 0) is 4.74 Å². The minimum absolute atomic E-state index is 0.00549. The average Bonchev–Trinajstić information content (AvgIpc) is 2.34. The number of benzene rings is 1. The van der Waals surface area contributed by atoms with Crippen LogP contribution in [0.4, 0.5) is 11.4 Å². The largest absolute Gasteiger partial charge is 0.379 e. The molecule has 5 nitrogen and oxygen atoms in total. The summed E-state index contributed by atoms with van der Waals surface area (Å²) in [5.41, 5.74) is 0.505. The molecule has 0 radical (unpaired) electrons. The van der Waals surface area contributed by atoms with E-state index in [-0.39, 0.29) is 11.8 Å². The third-order valence-corrected chi connectivity index (χ3v) is 2.73. The molecule has 0 saturated carbocycles. The van der Waals surface area contributed by atoms with Gasteiger partial charge < -0.3 is 10.1 Å². The van der Waals surface area contributed by atoms with E-state index in [1.165, 1.54) is 6.07 Å². The van der Waals surface area contributed by atoms with E-state index in [0.717, 1.165) is 12.8 Å². The highest BCUT2D eigenvalue weighted by Crippen LogP contribution is 2.27. The van der Waals surface area contributed by atoms with E-state index in [1.807, 2.05) is 13.8 Å². The van der Waals surface area contributed by atoms with Crippen LogP contribution in [0.3, 0.4) is 0 Å². The summed E-state index contributed by atoms with van der Waals surface area (Å²) >= 11 is 5.74. The van der Waals surface area contributed by atoms with Gasteiger partial charge in [-0.3, -0.25) is 10.1 Å². The van der Waals surface area contributed by atoms with E-state index in [2.05, 4.69) is 5.32 Å². The fourth-order valence-electron chi connectivity index (χ4n) is 1.57. The number of nitro benzene ring substituents is 1. The van der Waals surface area contributed by atoms with Gasteiger partial charge in [-0.25, -0.2) is 0 Å². The summed E-state index contributed by atoms with van der Waals surface area (Å²) in [5, 5.41) is 14.3. The van der Waals surface area contributed by atoms with Crippen LogP contribution in [0.5, 0.6) is 0 Å². The number of nitrogens with one attached hydrogen (secondary N) is 1. The molecule has 1 N–H and O–H groups in total. The van der Waals surface area contributed by atoms with Gasteiger partial charge in [0, 0.05) is 24.2 Å². The number of nitro groups is 1. The van der Waals surface area contributed by atoms with Crippen LogP contribution in [0.25, 0.3) is 0 Å². The summed E-state index contributed by atoms with van der Waals surface area (Å²) in [5.74, 6) is 0. The Morgan fingerprint density at radius 1 is 1.42 bits per heavy atom. The highest BCUT2D eigenvalue weighted by atomic mass is 35.5. The molecule has 0 fully saturated rings. The van der Waals surface area contributed by atoms with Gasteiger partial charge >= 0.3 is 0 Å². The molecule has 106 valence electrons. The summed E-state index contributed by atoms with van der Waals surface area (Å²) in [6.45, 7) is 5.37. The Morgan fingerprint density at radius 2 is 2.16 bits per heavy atom. The monoisotopic (exact) mass is 286 g/mol. The Morgan fingerprint density at radius 3 is 2.79 bits per heavy atom. The SMILES string of the molecule is CC(C)OCCCCNc1ccc(Cl)cc1[N+](=O)[O-]. The zero-order valence-electron chi connectivity index (χ0n) is 11.2. The maximum absolute atomic E-state index is 10.9. The van der Waals surface area contributed by atoms with Gasteiger partial charge in [0.1, 0.15) is 5.69 Å². The first-order chi connectivity index (χ1) is 9.00. The van der Waals surface area contributed by atoms with Gasteiger partial charge in [-0.05, 0) is 38.8 Å². The Kier molecular flexibility index (Phi) is 6.59. The van der Waals surface area contributed by atoms with Crippen molar-refractivity contribution in [2.24, 2.45) is 0 Å². The van der Waals surface area contributed by atoms with Crippen LogP contribution in [-0.4, -0.2) is 24.2 Å². The maximum atomic E-state index is 10.9. The van der Waals surface area contributed by atoms with Crippen LogP contribution in [0, 0.1) is 10.1 Å². The van der Waals surface area contributed by atoms with Gasteiger partial charge in [-0.15, -0.1) is 0 Å². The van der Waals surface area contributed by atoms with Crippen LogP contribution in [0.1, 0.15) is 26.7 Å². The van der Waals surface area contributed by atoms with Crippen molar-refractivity contribution < 1.29 is 9.66 Å². The van der Waals surface area contributed by atoms with Crippen molar-refractivity contribution in [1.82, 2.24) is 0 Å². The smallest absolute Gasteiger partial charge is 0.293 e. The van der Waals surface area contributed by atoms with Crippen LogP contribution < -0.4 is 5.32 Å². The lowest BCUT2D eigenvalue weighted by molar-refractivity contribution is -0.383. The predicted octanol–water partition coefficient (Wildman–Crippen LogP) is 3.87. The van der Waals surface area contributed by atoms with Gasteiger partial charge in [0.15, 0.2) is 0 Å². The summed E-state index contributed by atoms with van der Waals surface area (Å²) in [7, 11) is 0. The number of nitrogens with zero attached hydrogens (tertiary/aromatic N) is 1. The Labute approximate surface area is 118 Å². The van der Waals surface area contributed by atoms with Crippen molar-refractivity contribution in [3.05, 3.63) is 33.3 Å². The molecule has 0 bridgehead atoms. The predicted molar refractivity (Wildman–Crippen MR) is 76.9 cm³/mol. The number of hydrogen-bond acceptors (Lipinski definition) is 4. The molecule has 0 atom stereocenters. The number of unbranched alkanes of at least 4 members (excludes halogenated alkanes) is 1. The van der Waals surface area contributed by atoms with Crippen molar-refractivity contribution in [3.63, 3.8) is 0 Å². The minimum Gasteiger partial charge on any atom is -0.379 e. The van der Waals surface area contributed by atoms with E-state index in [9.17, 15) is 10.1 Å². The molecule has 0 aliphatic carbocycles. The first kappa shape index (κ1) is 15.7. The van der Waals surface area contributed by atoms with Crippen LogP contribution in [0.2, 0.25) is 5.02 Å². The number of ether oxygens (including phenoxy) is 1. The highest BCUT2D eigenvalue weighted by molar-refractivity contribution is 6.30. The second-order valence-electron chi connectivity index (χ2n) is 4.47. The lowest BCUT2D eigenvalue weighted by Crippen LogP contribution is -2.08. The Bertz CT molecular complexity index is 424. The topological polar surface area (TPSA) is 64.4 Å². The molecule has 0 aliphatic heterocycles. The third kappa shape index (κ3) is 5.89. The quantitative estimate of drug-likeness (QED) is 0.448. The third-order valence-electron chi connectivity index (χ3n) is 2.49. The maximum Gasteiger partial charge on any atom is 0.293 e. The summed E-state index contributed by atoms with van der Waals surface area (Å²) in [6, 6.07) is 4.62. The normalized spacial score (nSPS) is 10.7. The summed E-state index contributed by atoms with van der Waals surface area (Å²) in [4.78, 5) is 10.4. The molecule has 19 heavy (non-hydrogen) atoms. The van der Waals surface area contributed by atoms with E-state index < -0.39 is 4.92 Å². The van der Waals surface area contributed by atoms with Crippen molar-refractivity contribution in [2.45, 2.75) is 32.8 Å². The van der Waals surface area contributed by atoms with Gasteiger partial charge in [0.25, 0.3) is 5.69 Å². The van der Waals surface area contributed by atoms with E-state index in [0.29, 0.717) is 23.9 Å². The zero-order chi connectivity index (χ0) is 14.3. The highest BCUT2D eigenvalue weighted by Gasteiger charge is 2.13.